The maximum Gasteiger partial charge on any atom is 0.416 e. The van der Waals surface area contributed by atoms with Crippen LogP contribution in [0.5, 0.6) is 0 Å². The van der Waals surface area contributed by atoms with Gasteiger partial charge in [-0.3, -0.25) is 4.79 Å². The molecule has 15 heteroatoms. The Morgan fingerprint density at radius 2 is 1.21 bits per heavy atom. The average molecular weight is 594 g/mol. The number of para-hydroxylation sites is 1. The number of hydrogen-bond donors (Lipinski definition) is 2. The number of benzene rings is 3. The number of rotatable bonds is 8. The van der Waals surface area contributed by atoms with E-state index in [-0.39, 0.29) is 11.3 Å². The number of amides is 1. The van der Waals surface area contributed by atoms with E-state index in [4.69, 9.17) is 9.47 Å². The third kappa shape index (κ3) is 7.62. The summed E-state index contributed by atoms with van der Waals surface area (Å²) in [5.41, 5.74) is -4.48. The van der Waals surface area contributed by atoms with E-state index in [1.807, 2.05) is 0 Å². The molecule has 3 aromatic carbocycles. The van der Waals surface area contributed by atoms with Crippen LogP contribution in [0.3, 0.4) is 0 Å². The van der Waals surface area contributed by atoms with Gasteiger partial charge < -0.3 is 19.9 Å². The number of hydrogen-bond acceptors (Lipinski definition) is 7. The summed E-state index contributed by atoms with van der Waals surface area (Å²) >= 11 is 0. The van der Waals surface area contributed by atoms with Crippen LogP contribution in [-0.2, 0) is 31.4 Å². The molecule has 0 saturated heterocycles. The second kappa shape index (κ2) is 12.4. The standard InChI is InChI=1S/C27H16F6N2O7/c28-26(29,30)17-8-3-6-14(11-17)24(39)41-20(22(36)35-19-10-2-1-5-16(19)13-34)21(23(37)38)42-25(40)15-7-4-9-18(12-15)27(31,32)33/h1-12,20-21H,(H,35,36)(H,37,38)/t20-,21-/m0/s1. The van der Waals surface area contributed by atoms with Crippen LogP contribution >= 0.6 is 0 Å². The number of nitrogens with one attached hydrogen (secondary N) is 1. The fourth-order valence-corrected chi connectivity index (χ4v) is 3.40. The number of halogens is 6. The van der Waals surface area contributed by atoms with Crippen LogP contribution < -0.4 is 5.32 Å². The smallest absolute Gasteiger partial charge is 0.416 e. The van der Waals surface area contributed by atoms with E-state index < -0.39 is 70.6 Å². The van der Waals surface area contributed by atoms with Gasteiger partial charge in [-0.25, -0.2) is 14.4 Å². The molecule has 0 bridgehead atoms. The van der Waals surface area contributed by atoms with E-state index in [0.29, 0.717) is 24.3 Å². The van der Waals surface area contributed by atoms with Gasteiger partial charge in [-0.2, -0.15) is 31.6 Å². The van der Waals surface area contributed by atoms with E-state index in [1.54, 1.807) is 6.07 Å². The first-order valence-corrected chi connectivity index (χ1v) is 11.4. The van der Waals surface area contributed by atoms with E-state index in [1.165, 1.54) is 24.3 Å². The maximum absolute atomic E-state index is 13.1. The number of anilines is 1. The first-order valence-electron chi connectivity index (χ1n) is 11.4. The lowest BCUT2D eigenvalue weighted by molar-refractivity contribution is -0.157. The third-order valence-corrected chi connectivity index (χ3v) is 5.40. The van der Waals surface area contributed by atoms with Gasteiger partial charge in [0.2, 0.25) is 12.2 Å². The van der Waals surface area contributed by atoms with Crippen LogP contribution in [0.25, 0.3) is 0 Å². The summed E-state index contributed by atoms with van der Waals surface area (Å²) in [6.07, 6.45) is -15.1. The van der Waals surface area contributed by atoms with Crippen LogP contribution in [0, 0.1) is 11.3 Å². The van der Waals surface area contributed by atoms with Crippen molar-refractivity contribution in [3.63, 3.8) is 0 Å². The van der Waals surface area contributed by atoms with Crippen LogP contribution in [0.4, 0.5) is 32.0 Å². The molecule has 0 aliphatic carbocycles. The summed E-state index contributed by atoms with van der Waals surface area (Å²) < 4.78 is 88.3. The van der Waals surface area contributed by atoms with Crippen molar-refractivity contribution in [2.24, 2.45) is 0 Å². The fraction of sp³-hybridized carbons (Fsp3) is 0.148. The van der Waals surface area contributed by atoms with Crippen molar-refractivity contribution in [3.8, 4) is 6.07 Å². The van der Waals surface area contributed by atoms with Gasteiger partial charge in [0.25, 0.3) is 5.91 Å². The molecule has 0 unspecified atom stereocenters. The minimum Gasteiger partial charge on any atom is -0.478 e. The zero-order chi connectivity index (χ0) is 31.2. The molecule has 0 saturated carbocycles. The molecule has 2 atom stereocenters. The van der Waals surface area contributed by atoms with Crippen molar-refractivity contribution < 1.29 is 60.1 Å². The number of ether oxygens (including phenoxy) is 2. The molecule has 0 fully saturated rings. The molecule has 1 amide bonds. The molecule has 0 aliphatic heterocycles. The Kier molecular flexibility index (Phi) is 9.21. The molecular weight excluding hydrogens is 578 g/mol. The number of nitrogens with zero attached hydrogens (tertiary/aromatic N) is 1. The molecule has 3 aromatic rings. The van der Waals surface area contributed by atoms with Gasteiger partial charge in [0.15, 0.2) is 0 Å². The van der Waals surface area contributed by atoms with E-state index in [0.717, 1.165) is 24.3 Å². The Bertz CT molecular complexity index is 1560. The summed E-state index contributed by atoms with van der Waals surface area (Å²) in [6.45, 7) is 0. The maximum atomic E-state index is 13.1. The molecule has 2 N–H and O–H groups in total. The molecule has 0 spiro atoms. The fourth-order valence-electron chi connectivity index (χ4n) is 3.40. The molecule has 0 aromatic heterocycles. The number of carboxylic acids is 1. The molecule has 9 nitrogen and oxygen atoms in total. The Hall–Kier alpha value is -5.39. The number of alkyl halides is 6. The van der Waals surface area contributed by atoms with Crippen molar-refractivity contribution in [1.82, 2.24) is 0 Å². The molecular formula is C27H16F6N2O7. The minimum absolute atomic E-state index is 0.137. The normalized spacial score (nSPS) is 12.8. The Labute approximate surface area is 231 Å². The summed E-state index contributed by atoms with van der Waals surface area (Å²) in [7, 11) is 0. The van der Waals surface area contributed by atoms with Crippen molar-refractivity contribution >= 4 is 29.5 Å². The quantitative estimate of drug-likeness (QED) is 0.272. The zero-order valence-corrected chi connectivity index (χ0v) is 20.7. The molecule has 0 heterocycles. The predicted molar refractivity (Wildman–Crippen MR) is 129 cm³/mol. The van der Waals surface area contributed by atoms with Gasteiger partial charge in [-0.15, -0.1) is 0 Å². The van der Waals surface area contributed by atoms with Gasteiger partial charge in [0.05, 0.1) is 33.5 Å². The topological polar surface area (TPSA) is 143 Å². The highest BCUT2D eigenvalue weighted by Crippen LogP contribution is 2.31. The summed E-state index contributed by atoms with van der Waals surface area (Å²) in [6, 6.07) is 12.3. The number of nitriles is 1. The van der Waals surface area contributed by atoms with Gasteiger partial charge in [-0.05, 0) is 48.5 Å². The van der Waals surface area contributed by atoms with Crippen LogP contribution in [0.15, 0.2) is 72.8 Å². The van der Waals surface area contributed by atoms with Crippen molar-refractivity contribution in [2.75, 3.05) is 5.32 Å². The van der Waals surface area contributed by atoms with Gasteiger partial charge in [0.1, 0.15) is 6.07 Å². The van der Waals surface area contributed by atoms with Crippen molar-refractivity contribution in [3.05, 3.63) is 101 Å². The second-order valence-corrected chi connectivity index (χ2v) is 8.29. The lowest BCUT2D eigenvalue weighted by Gasteiger charge is -2.24. The highest BCUT2D eigenvalue weighted by atomic mass is 19.4. The summed E-state index contributed by atoms with van der Waals surface area (Å²) in [5, 5.41) is 21.1. The lowest BCUT2D eigenvalue weighted by atomic mass is 10.1. The molecule has 0 aliphatic rings. The average Bonchev–Trinajstić information content (AvgIpc) is 2.94. The Balaban J connectivity index is 2.00. The molecule has 3 rings (SSSR count). The van der Waals surface area contributed by atoms with Gasteiger partial charge in [0, 0.05) is 0 Å². The van der Waals surface area contributed by atoms with Crippen LogP contribution in [0.1, 0.15) is 37.4 Å². The largest absolute Gasteiger partial charge is 0.478 e. The number of carbonyl (C=O) groups excluding carboxylic acids is 3. The van der Waals surface area contributed by atoms with E-state index in [2.05, 4.69) is 5.32 Å². The van der Waals surface area contributed by atoms with Crippen LogP contribution in [-0.4, -0.2) is 41.1 Å². The highest BCUT2D eigenvalue weighted by molar-refractivity contribution is 6.02. The zero-order valence-electron chi connectivity index (χ0n) is 20.7. The summed E-state index contributed by atoms with van der Waals surface area (Å²) in [4.78, 5) is 50.6. The van der Waals surface area contributed by atoms with Crippen molar-refractivity contribution in [1.29, 1.82) is 5.26 Å². The number of aliphatic carboxylic acids is 1. The molecule has 42 heavy (non-hydrogen) atoms. The Morgan fingerprint density at radius 3 is 1.67 bits per heavy atom. The van der Waals surface area contributed by atoms with E-state index in [9.17, 15) is 55.9 Å². The minimum atomic E-state index is -4.89. The van der Waals surface area contributed by atoms with Gasteiger partial charge in [-0.1, -0.05) is 24.3 Å². The Morgan fingerprint density at radius 1 is 0.738 bits per heavy atom. The third-order valence-electron chi connectivity index (χ3n) is 5.40. The number of carbonyl (C=O) groups is 4. The van der Waals surface area contributed by atoms with Crippen molar-refractivity contribution in [2.45, 2.75) is 24.6 Å². The molecule has 0 radical (unpaired) electrons. The SMILES string of the molecule is N#Cc1ccccc1NC(=O)[C@@H](OC(=O)c1cccc(C(F)(F)F)c1)[C@H](OC(=O)c1cccc(C(F)(F)F)c1)C(=O)O. The highest BCUT2D eigenvalue weighted by Gasteiger charge is 2.42. The first kappa shape index (κ1) is 31.1. The van der Waals surface area contributed by atoms with Gasteiger partial charge >= 0.3 is 30.3 Å². The second-order valence-electron chi connectivity index (χ2n) is 8.29. The van der Waals surface area contributed by atoms with E-state index >= 15 is 0 Å². The lowest BCUT2D eigenvalue weighted by Crippen LogP contribution is -2.48. The predicted octanol–water partition coefficient (Wildman–Crippen LogP) is 5.07. The van der Waals surface area contributed by atoms with Crippen LogP contribution in [0.2, 0.25) is 0 Å². The number of carboxylic acid groups (broad SMARTS) is 1. The summed E-state index contributed by atoms with van der Waals surface area (Å²) in [5.74, 6) is -6.92. The monoisotopic (exact) mass is 594 g/mol. The molecule has 218 valence electrons. The number of esters is 2. The first-order chi connectivity index (χ1) is 19.6.